The van der Waals surface area contributed by atoms with E-state index in [0.29, 0.717) is 77.6 Å². The highest BCUT2D eigenvalue weighted by Crippen LogP contribution is 2.46. The van der Waals surface area contributed by atoms with E-state index in [2.05, 4.69) is 21.0 Å². The van der Waals surface area contributed by atoms with Crippen LogP contribution in [-0.2, 0) is 4.74 Å². The van der Waals surface area contributed by atoms with Gasteiger partial charge in [0.1, 0.15) is 40.9 Å². The molecule has 2 bridgehead atoms. The number of anilines is 1. The van der Waals surface area contributed by atoms with Crippen LogP contribution in [0.4, 0.5) is 14.6 Å². The molecule has 0 radical (unpaired) electrons. The molecule has 0 aliphatic carbocycles. The van der Waals surface area contributed by atoms with Gasteiger partial charge in [-0.2, -0.15) is 9.97 Å². The molecule has 9 rings (SSSR count). The molecule has 11 heteroatoms. The number of rotatable bonds is 5. The Hall–Kier alpha value is -4.50. The van der Waals surface area contributed by atoms with Gasteiger partial charge in [0.25, 0.3) is 0 Å². The molecule has 5 aromatic rings. The molecular weight excluding hydrogens is 616 g/mol. The second-order valence-electron chi connectivity index (χ2n) is 13.6. The third-order valence-electron chi connectivity index (χ3n) is 10.6. The van der Waals surface area contributed by atoms with Gasteiger partial charge in [-0.15, -0.1) is 6.42 Å². The highest BCUT2D eigenvalue weighted by Gasteiger charge is 2.37. The zero-order valence-electron chi connectivity index (χ0n) is 26.6. The summed E-state index contributed by atoms with van der Waals surface area (Å²) < 4.78 is 50.8. The fourth-order valence-electron chi connectivity index (χ4n) is 8.50. The first-order valence-electron chi connectivity index (χ1n) is 16.7. The summed E-state index contributed by atoms with van der Waals surface area (Å²) in [6.45, 7) is 5.86. The quantitative estimate of drug-likeness (QED) is 0.234. The Kier molecular flexibility index (Phi) is 6.97. The number of phenols is 1. The minimum atomic E-state index is -0.688. The Labute approximate surface area is 275 Å². The van der Waals surface area contributed by atoms with Crippen LogP contribution in [0.3, 0.4) is 0 Å². The van der Waals surface area contributed by atoms with Gasteiger partial charge < -0.3 is 29.2 Å². The predicted molar refractivity (Wildman–Crippen MR) is 178 cm³/mol. The number of aryl methyl sites for hydroxylation is 1. The van der Waals surface area contributed by atoms with Crippen LogP contribution in [0.25, 0.3) is 43.8 Å². The van der Waals surface area contributed by atoms with Gasteiger partial charge >= 0.3 is 6.01 Å². The van der Waals surface area contributed by atoms with Crippen molar-refractivity contribution in [2.45, 2.75) is 56.8 Å². The number of morpholine rings is 1. The van der Waals surface area contributed by atoms with E-state index >= 15 is 8.78 Å². The maximum Gasteiger partial charge on any atom is 0.319 e. The number of aromatic nitrogens is 2. The number of aromatic hydroxyl groups is 1. The van der Waals surface area contributed by atoms with Crippen molar-refractivity contribution in [1.82, 2.24) is 20.2 Å². The van der Waals surface area contributed by atoms with E-state index in [1.165, 1.54) is 24.3 Å². The summed E-state index contributed by atoms with van der Waals surface area (Å²) in [4.78, 5) is 14.4. The van der Waals surface area contributed by atoms with Crippen LogP contribution in [0.2, 0.25) is 0 Å². The van der Waals surface area contributed by atoms with Crippen molar-refractivity contribution in [2.24, 2.45) is 0 Å². The number of ether oxygens (including phenoxy) is 2. The lowest BCUT2D eigenvalue weighted by Crippen LogP contribution is -2.51. The minimum Gasteiger partial charge on any atom is -0.508 e. The van der Waals surface area contributed by atoms with Crippen molar-refractivity contribution in [3.05, 3.63) is 53.3 Å². The van der Waals surface area contributed by atoms with Crippen LogP contribution >= 0.6 is 0 Å². The van der Waals surface area contributed by atoms with Crippen LogP contribution in [0.5, 0.6) is 11.8 Å². The van der Waals surface area contributed by atoms with Crippen molar-refractivity contribution in [3.63, 3.8) is 0 Å². The Morgan fingerprint density at radius 1 is 1.08 bits per heavy atom. The average Bonchev–Trinajstić information content (AvgIpc) is 3.78. The second kappa shape index (κ2) is 11.3. The molecule has 4 aliphatic rings. The number of halogens is 2. The standard InChI is InChI=1S/C37H35F2N5O4/c1-3-26-29(38)9-4-20-13-25(45)14-27(30(20)26)31-33(39)34-32(28-12-19(2)48-35(28)31)36(43-15-21-5-6-22(16-43)40-21)42-37(41-34)47-18-24-8-7-23-17-46-11-10-44(23)24/h1,4,9,12-14,21-24,40,45H,5-8,10-11,15-18H2,2H3/t21-,22+,23-,24-/m1/s1. The summed E-state index contributed by atoms with van der Waals surface area (Å²) in [5, 5.41) is 16.4. The van der Waals surface area contributed by atoms with Crippen molar-refractivity contribution in [3.8, 4) is 35.2 Å². The normalized spacial score (nSPS) is 24.1. The van der Waals surface area contributed by atoms with Crippen molar-refractivity contribution in [1.29, 1.82) is 0 Å². The number of hydrogen-bond donors (Lipinski definition) is 2. The molecule has 6 heterocycles. The van der Waals surface area contributed by atoms with E-state index in [0.717, 1.165) is 38.8 Å². The van der Waals surface area contributed by atoms with Crippen molar-refractivity contribution >= 4 is 38.5 Å². The number of fused-ring (bicyclic) bond motifs is 7. The molecule has 48 heavy (non-hydrogen) atoms. The first-order valence-corrected chi connectivity index (χ1v) is 16.7. The first-order chi connectivity index (χ1) is 23.4. The highest BCUT2D eigenvalue weighted by atomic mass is 19.1. The molecule has 0 unspecified atom stereocenters. The van der Waals surface area contributed by atoms with Gasteiger partial charge in [-0.1, -0.05) is 12.0 Å². The Balaban J connectivity index is 1.27. The monoisotopic (exact) mass is 651 g/mol. The SMILES string of the molecule is C#Cc1c(F)ccc2cc(O)cc(-c3c(F)c4nc(OC[C@H]5CC[C@@H]6COCCN65)nc(N5C[C@H]6CC[C@@H](C5)N6)c4c4cc(C)oc34)c12. The maximum absolute atomic E-state index is 17.5. The van der Waals surface area contributed by atoms with Gasteiger partial charge in [0.2, 0.25) is 0 Å². The molecule has 4 fully saturated rings. The van der Waals surface area contributed by atoms with Gasteiger partial charge in [0.05, 0.1) is 29.7 Å². The fourth-order valence-corrected chi connectivity index (χ4v) is 8.50. The summed E-state index contributed by atoms with van der Waals surface area (Å²) in [6.07, 6.45) is 9.93. The molecule has 3 aromatic carbocycles. The summed E-state index contributed by atoms with van der Waals surface area (Å²) in [6, 6.07) is 8.77. The third-order valence-corrected chi connectivity index (χ3v) is 10.6. The molecular formula is C37H35F2N5O4. The summed E-state index contributed by atoms with van der Waals surface area (Å²) in [5.41, 5.74) is 0.535. The number of nitrogens with zero attached hydrogens (tertiary/aromatic N) is 4. The number of nitrogens with one attached hydrogen (secondary N) is 1. The molecule has 4 aliphatic heterocycles. The lowest BCUT2D eigenvalue weighted by molar-refractivity contribution is -0.0101. The summed E-state index contributed by atoms with van der Waals surface area (Å²) in [5.74, 6) is 2.16. The smallest absolute Gasteiger partial charge is 0.319 e. The van der Waals surface area contributed by atoms with E-state index in [4.69, 9.17) is 30.3 Å². The Bertz CT molecular complexity index is 2150. The summed E-state index contributed by atoms with van der Waals surface area (Å²) >= 11 is 0. The number of benzene rings is 3. The summed E-state index contributed by atoms with van der Waals surface area (Å²) in [7, 11) is 0. The third kappa shape index (κ3) is 4.69. The van der Waals surface area contributed by atoms with Crippen molar-refractivity contribution in [2.75, 3.05) is 44.4 Å². The van der Waals surface area contributed by atoms with Gasteiger partial charge in [-0.3, -0.25) is 4.90 Å². The second-order valence-corrected chi connectivity index (χ2v) is 13.6. The zero-order valence-corrected chi connectivity index (χ0v) is 26.6. The van der Waals surface area contributed by atoms with E-state index in [1.54, 1.807) is 6.92 Å². The molecule has 2 aromatic heterocycles. The number of terminal acetylenes is 1. The largest absolute Gasteiger partial charge is 0.508 e. The fraction of sp³-hybridized carbons (Fsp3) is 0.405. The van der Waals surface area contributed by atoms with E-state index < -0.39 is 11.6 Å². The maximum atomic E-state index is 17.5. The minimum absolute atomic E-state index is 0.0277. The Morgan fingerprint density at radius 3 is 2.73 bits per heavy atom. The molecule has 9 nitrogen and oxygen atoms in total. The van der Waals surface area contributed by atoms with E-state index in [-0.39, 0.29) is 45.6 Å². The number of furan rings is 1. The number of hydrogen-bond acceptors (Lipinski definition) is 9. The van der Waals surface area contributed by atoms with Crippen LogP contribution in [-0.4, -0.2) is 83.6 Å². The van der Waals surface area contributed by atoms with Gasteiger partial charge in [-0.05, 0) is 62.3 Å². The topological polar surface area (TPSA) is 96.1 Å². The molecule has 246 valence electrons. The molecule has 2 N–H and O–H groups in total. The number of piperazine rings is 1. The Morgan fingerprint density at radius 2 is 1.92 bits per heavy atom. The first kappa shape index (κ1) is 29.6. The zero-order chi connectivity index (χ0) is 32.7. The lowest BCUT2D eigenvalue weighted by Gasteiger charge is -2.35. The molecule has 0 saturated carbocycles. The molecule has 4 saturated heterocycles. The molecule has 0 amide bonds. The molecule has 0 spiro atoms. The highest BCUT2D eigenvalue weighted by molar-refractivity contribution is 6.18. The van der Waals surface area contributed by atoms with Crippen molar-refractivity contribution < 1.29 is 27.8 Å². The van der Waals surface area contributed by atoms with E-state index in [1.807, 2.05) is 6.07 Å². The van der Waals surface area contributed by atoms with Crippen LogP contribution in [0.15, 0.2) is 34.7 Å². The van der Waals surface area contributed by atoms with Crippen LogP contribution in [0.1, 0.15) is 37.0 Å². The van der Waals surface area contributed by atoms with Gasteiger partial charge in [-0.25, -0.2) is 8.78 Å². The van der Waals surface area contributed by atoms with E-state index in [9.17, 15) is 5.11 Å². The number of phenolic OH excluding ortho intramolecular Hbond substituents is 1. The molecule has 4 atom stereocenters. The van der Waals surface area contributed by atoms with Gasteiger partial charge in [0, 0.05) is 60.1 Å². The van der Waals surface area contributed by atoms with Crippen LogP contribution in [0, 0.1) is 30.9 Å². The van der Waals surface area contributed by atoms with Gasteiger partial charge in [0.15, 0.2) is 5.82 Å². The van der Waals surface area contributed by atoms with Crippen LogP contribution < -0.4 is 15.0 Å². The lowest BCUT2D eigenvalue weighted by atomic mass is 9.91. The predicted octanol–water partition coefficient (Wildman–Crippen LogP) is 5.65. The average molecular weight is 652 g/mol.